The number of hydrogen-bond donors (Lipinski definition) is 4. The van der Waals surface area contributed by atoms with Crippen LogP contribution in [0.15, 0.2) is 0 Å². The Labute approximate surface area is 100.0 Å². The van der Waals surface area contributed by atoms with Crippen LogP contribution in [0.1, 0.15) is 27.2 Å². The van der Waals surface area contributed by atoms with Gasteiger partial charge >= 0.3 is 12.0 Å². The molecule has 7 nitrogen and oxygen atoms in total. The molecule has 17 heavy (non-hydrogen) atoms. The molecule has 0 aliphatic carbocycles. The van der Waals surface area contributed by atoms with Gasteiger partial charge in [0.2, 0.25) is 5.91 Å². The minimum atomic E-state index is -0.990. The largest absolute Gasteiger partial charge is 0.481 e. The standard InChI is InChI=1S/C10H19N3O4/c1-6(2)12-9(16)7(3)13-10(17)11-5-4-8(14)15/h6-7H,4-5H2,1-3H3,(H,12,16)(H,14,15)(H2,11,13,17). The Hall–Kier alpha value is -1.79. The van der Waals surface area contributed by atoms with Crippen molar-refractivity contribution >= 4 is 17.9 Å². The van der Waals surface area contributed by atoms with Gasteiger partial charge in [0.15, 0.2) is 0 Å². The van der Waals surface area contributed by atoms with E-state index in [0.717, 1.165) is 0 Å². The first kappa shape index (κ1) is 15.2. The summed E-state index contributed by atoms with van der Waals surface area (Å²) in [6.07, 6.45) is -0.153. The normalized spacial score (nSPS) is 11.8. The molecule has 1 atom stereocenters. The number of hydrogen-bond acceptors (Lipinski definition) is 3. The summed E-state index contributed by atoms with van der Waals surface area (Å²) in [6.45, 7) is 5.21. The maximum absolute atomic E-state index is 11.4. The average molecular weight is 245 g/mol. The van der Waals surface area contributed by atoms with Gasteiger partial charge in [-0.15, -0.1) is 0 Å². The first-order valence-corrected chi connectivity index (χ1v) is 5.39. The summed E-state index contributed by atoms with van der Waals surface area (Å²) in [6, 6.07) is -1.22. The van der Waals surface area contributed by atoms with Crippen molar-refractivity contribution in [2.75, 3.05) is 6.54 Å². The Morgan fingerprint density at radius 1 is 1.12 bits per heavy atom. The summed E-state index contributed by atoms with van der Waals surface area (Å²) >= 11 is 0. The zero-order valence-electron chi connectivity index (χ0n) is 10.2. The van der Waals surface area contributed by atoms with Crippen LogP contribution in [-0.2, 0) is 9.59 Å². The molecular formula is C10H19N3O4. The lowest BCUT2D eigenvalue weighted by Crippen LogP contribution is -2.50. The molecule has 0 aliphatic heterocycles. The highest BCUT2D eigenvalue weighted by molar-refractivity contribution is 5.86. The number of urea groups is 1. The van der Waals surface area contributed by atoms with Crippen LogP contribution in [0.25, 0.3) is 0 Å². The van der Waals surface area contributed by atoms with Crippen molar-refractivity contribution in [1.29, 1.82) is 0 Å². The van der Waals surface area contributed by atoms with Crippen LogP contribution in [0, 0.1) is 0 Å². The molecule has 4 N–H and O–H groups in total. The zero-order chi connectivity index (χ0) is 13.4. The van der Waals surface area contributed by atoms with Gasteiger partial charge < -0.3 is 21.1 Å². The van der Waals surface area contributed by atoms with E-state index in [-0.39, 0.29) is 24.9 Å². The fourth-order valence-electron chi connectivity index (χ4n) is 1.01. The Kier molecular flexibility index (Phi) is 6.69. The lowest BCUT2D eigenvalue weighted by atomic mass is 10.3. The van der Waals surface area contributed by atoms with Crippen LogP contribution < -0.4 is 16.0 Å². The van der Waals surface area contributed by atoms with Gasteiger partial charge in [-0.3, -0.25) is 9.59 Å². The topological polar surface area (TPSA) is 108 Å². The molecule has 3 amide bonds. The predicted octanol–water partition coefficient (Wildman–Crippen LogP) is -0.327. The second-order valence-corrected chi connectivity index (χ2v) is 3.93. The first-order valence-electron chi connectivity index (χ1n) is 5.39. The second-order valence-electron chi connectivity index (χ2n) is 3.93. The highest BCUT2D eigenvalue weighted by Gasteiger charge is 2.15. The van der Waals surface area contributed by atoms with Gasteiger partial charge in [0, 0.05) is 12.6 Å². The first-order chi connectivity index (χ1) is 7.82. The van der Waals surface area contributed by atoms with Crippen molar-refractivity contribution in [2.45, 2.75) is 39.3 Å². The monoisotopic (exact) mass is 245 g/mol. The number of amides is 3. The number of rotatable bonds is 6. The van der Waals surface area contributed by atoms with E-state index in [4.69, 9.17) is 5.11 Å². The van der Waals surface area contributed by atoms with E-state index in [0.29, 0.717) is 0 Å². The van der Waals surface area contributed by atoms with Gasteiger partial charge in [-0.25, -0.2) is 4.79 Å². The summed E-state index contributed by atoms with van der Waals surface area (Å²) in [5.74, 6) is -1.27. The third-order valence-corrected chi connectivity index (χ3v) is 1.80. The van der Waals surface area contributed by atoms with E-state index < -0.39 is 18.0 Å². The smallest absolute Gasteiger partial charge is 0.315 e. The van der Waals surface area contributed by atoms with Crippen molar-refractivity contribution in [2.24, 2.45) is 0 Å². The number of carbonyl (C=O) groups is 3. The van der Waals surface area contributed by atoms with E-state index in [2.05, 4.69) is 16.0 Å². The predicted molar refractivity (Wildman–Crippen MR) is 61.5 cm³/mol. The van der Waals surface area contributed by atoms with Gasteiger partial charge in [0.25, 0.3) is 0 Å². The molecule has 0 spiro atoms. The van der Waals surface area contributed by atoms with Crippen LogP contribution in [0.4, 0.5) is 4.79 Å². The molecule has 0 radical (unpaired) electrons. The van der Waals surface area contributed by atoms with Gasteiger partial charge in [-0.2, -0.15) is 0 Å². The van der Waals surface area contributed by atoms with Crippen molar-refractivity contribution < 1.29 is 19.5 Å². The quantitative estimate of drug-likeness (QED) is 0.514. The Morgan fingerprint density at radius 2 is 1.71 bits per heavy atom. The summed E-state index contributed by atoms with van der Waals surface area (Å²) in [5.41, 5.74) is 0. The maximum Gasteiger partial charge on any atom is 0.315 e. The summed E-state index contributed by atoms with van der Waals surface area (Å²) in [4.78, 5) is 32.8. The summed E-state index contributed by atoms with van der Waals surface area (Å²) < 4.78 is 0. The molecule has 0 aromatic heterocycles. The Bertz CT molecular complexity index is 291. The van der Waals surface area contributed by atoms with Crippen LogP contribution in [0.3, 0.4) is 0 Å². The fraction of sp³-hybridized carbons (Fsp3) is 0.700. The molecule has 0 aromatic carbocycles. The second kappa shape index (κ2) is 7.48. The minimum Gasteiger partial charge on any atom is -0.481 e. The molecule has 0 fully saturated rings. The lowest BCUT2D eigenvalue weighted by Gasteiger charge is -2.16. The Balaban J connectivity index is 3.87. The minimum absolute atomic E-state index is 0.00169. The van der Waals surface area contributed by atoms with Gasteiger partial charge in [0.1, 0.15) is 6.04 Å². The maximum atomic E-state index is 11.4. The molecule has 0 saturated heterocycles. The summed E-state index contributed by atoms with van der Waals surface area (Å²) in [7, 11) is 0. The van der Waals surface area contributed by atoms with Crippen LogP contribution in [0.2, 0.25) is 0 Å². The van der Waals surface area contributed by atoms with Crippen molar-refractivity contribution in [3.05, 3.63) is 0 Å². The number of aliphatic carboxylic acids is 1. The molecule has 0 saturated carbocycles. The van der Waals surface area contributed by atoms with Crippen LogP contribution in [-0.4, -0.2) is 41.6 Å². The molecule has 0 bridgehead atoms. The third-order valence-electron chi connectivity index (χ3n) is 1.80. The number of carboxylic acids is 1. The van der Waals surface area contributed by atoms with Gasteiger partial charge in [-0.1, -0.05) is 0 Å². The van der Waals surface area contributed by atoms with Gasteiger partial charge in [-0.05, 0) is 20.8 Å². The van der Waals surface area contributed by atoms with Crippen molar-refractivity contribution in [1.82, 2.24) is 16.0 Å². The van der Waals surface area contributed by atoms with Crippen molar-refractivity contribution in [3.8, 4) is 0 Å². The van der Waals surface area contributed by atoms with E-state index in [1.807, 2.05) is 13.8 Å². The van der Waals surface area contributed by atoms with E-state index in [1.165, 1.54) is 0 Å². The zero-order valence-corrected chi connectivity index (χ0v) is 10.2. The SMILES string of the molecule is CC(C)NC(=O)C(C)NC(=O)NCCC(=O)O. The molecule has 0 heterocycles. The molecule has 7 heteroatoms. The summed E-state index contributed by atoms with van der Waals surface area (Å²) in [5, 5.41) is 15.8. The third kappa shape index (κ3) is 8.06. The number of carbonyl (C=O) groups excluding carboxylic acids is 2. The van der Waals surface area contributed by atoms with Crippen molar-refractivity contribution in [3.63, 3.8) is 0 Å². The average Bonchev–Trinajstić information content (AvgIpc) is 2.15. The van der Waals surface area contributed by atoms with Gasteiger partial charge in [0.05, 0.1) is 6.42 Å². The molecule has 98 valence electrons. The van der Waals surface area contributed by atoms with Crippen LogP contribution in [0.5, 0.6) is 0 Å². The molecule has 0 aliphatic rings. The molecule has 0 rings (SSSR count). The molecular weight excluding hydrogens is 226 g/mol. The molecule has 1 unspecified atom stereocenters. The highest BCUT2D eigenvalue weighted by Crippen LogP contribution is 1.85. The lowest BCUT2D eigenvalue weighted by molar-refractivity contribution is -0.136. The Morgan fingerprint density at radius 3 is 2.18 bits per heavy atom. The number of carboxylic acid groups (broad SMARTS) is 1. The van der Waals surface area contributed by atoms with E-state index >= 15 is 0 Å². The highest BCUT2D eigenvalue weighted by atomic mass is 16.4. The van der Waals surface area contributed by atoms with Crippen LogP contribution >= 0.6 is 0 Å². The number of nitrogens with one attached hydrogen (secondary N) is 3. The fourth-order valence-corrected chi connectivity index (χ4v) is 1.01. The van der Waals surface area contributed by atoms with E-state index in [9.17, 15) is 14.4 Å². The van der Waals surface area contributed by atoms with E-state index in [1.54, 1.807) is 6.92 Å². The molecule has 0 aromatic rings.